The van der Waals surface area contributed by atoms with Crippen molar-refractivity contribution in [1.82, 2.24) is 14.2 Å². The van der Waals surface area contributed by atoms with Gasteiger partial charge in [-0.3, -0.25) is 4.79 Å². The third-order valence-electron chi connectivity index (χ3n) is 5.20. The fraction of sp³-hybridized carbons (Fsp3) is 0.474. The summed E-state index contributed by atoms with van der Waals surface area (Å²) in [4.78, 5) is 17.5. The first-order valence-electron chi connectivity index (χ1n) is 8.84. The van der Waals surface area contributed by atoms with Crippen LogP contribution in [0.1, 0.15) is 36.0 Å². The first-order valence-corrected chi connectivity index (χ1v) is 9.68. The Labute approximate surface area is 147 Å². The zero-order valence-electron chi connectivity index (χ0n) is 13.9. The number of nitrogens with zero attached hydrogens (tertiary/aromatic N) is 3. The number of likely N-dealkylation sites (tertiary alicyclic amines) is 2. The van der Waals surface area contributed by atoms with Crippen molar-refractivity contribution in [3.63, 3.8) is 0 Å². The van der Waals surface area contributed by atoms with Crippen LogP contribution in [0.15, 0.2) is 35.8 Å². The molecular formula is C19H23N3OS. The summed E-state index contributed by atoms with van der Waals surface area (Å²) in [6.07, 6.45) is 6.75. The van der Waals surface area contributed by atoms with Crippen LogP contribution in [0.2, 0.25) is 0 Å². The van der Waals surface area contributed by atoms with Gasteiger partial charge in [0.25, 0.3) is 5.91 Å². The molecule has 1 amide bonds. The minimum absolute atomic E-state index is 0.187. The predicted molar refractivity (Wildman–Crippen MR) is 97.3 cm³/mol. The van der Waals surface area contributed by atoms with E-state index in [0.717, 1.165) is 42.6 Å². The summed E-state index contributed by atoms with van der Waals surface area (Å²) in [5.41, 5.74) is 3.04. The quantitative estimate of drug-likeness (QED) is 0.854. The molecule has 2 aliphatic rings. The molecule has 0 radical (unpaired) electrons. The van der Waals surface area contributed by atoms with Gasteiger partial charge in [0.1, 0.15) is 0 Å². The largest absolute Gasteiger partial charge is 0.334 e. The van der Waals surface area contributed by atoms with E-state index in [-0.39, 0.29) is 5.91 Å². The zero-order chi connectivity index (χ0) is 16.4. The lowest BCUT2D eigenvalue weighted by atomic mass is 10.1. The zero-order valence-corrected chi connectivity index (χ0v) is 14.7. The van der Waals surface area contributed by atoms with E-state index in [4.69, 9.17) is 0 Å². The van der Waals surface area contributed by atoms with Crippen LogP contribution < -0.4 is 0 Å². The van der Waals surface area contributed by atoms with Crippen LogP contribution >= 0.6 is 11.5 Å². The maximum Gasteiger partial charge on any atom is 0.254 e. The second-order valence-corrected chi connectivity index (χ2v) is 7.45. The van der Waals surface area contributed by atoms with Crippen LogP contribution in [0.5, 0.6) is 0 Å². The molecule has 4 nitrogen and oxygen atoms in total. The molecule has 126 valence electrons. The Balaban J connectivity index is 1.45. The van der Waals surface area contributed by atoms with Crippen molar-refractivity contribution in [2.75, 3.05) is 26.2 Å². The molecule has 2 aromatic rings. The minimum Gasteiger partial charge on any atom is -0.334 e. The average Bonchev–Trinajstić information content (AvgIpc) is 3.37. The summed E-state index contributed by atoms with van der Waals surface area (Å²) in [5.74, 6) is 0.187. The Morgan fingerprint density at radius 1 is 1.08 bits per heavy atom. The average molecular weight is 341 g/mol. The molecule has 0 aliphatic carbocycles. The summed E-state index contributed by atoms with van der Waals surface area (Å²) in [6.45, 7) is 4.34. The molecule has 0 unspecified atom stereocenters. The van der Waals surface area contributed by atoms with Gasteiger partial charge in [-0.25, -0.2) is 4.37 Å². The topological polar surface area (TPSA) is 36.4 Å². The molecule has 1 aromatic carbocycles. The minimum atomic E-state index is 0.187. The number of benzene rings is 1. The summed E-state index contributed by atoms with van der Waals surface area (Å²) in [7, 11) is 0. The summed E-state index contributed by atoms with van der Waals surface area (Å²) in [5, 5.41) is 2.03. The van der Waals surface area contributed by atoms with E-state index in [9.17, 15) is 4.79 Å². The first-order chi connectivity index (χ1) is 11.8. The van der Waals surface area contributed by atoms with Crippen LogP contribution in [0.25, 0.3) is 11.1 Å². The third-order valence-corrected chi connectivity index (χ3v) is 5.79. The van der Waals surface area contributed by atoms with Crippen molar-refractivity contribution in [2.45, 2.75) is 31.7 Å². The summed E-state index contributed by atoms with van der Waals surface area (Å²) in [6, 6.07) is 8.36. The number of carbonyl (C=O) groups excluding carboxylic acids is 1. The van der Waals surface area contributed by atoms with Crippen LogP contribution in [0, 0.1) is 0 Å². The van der Waals surface area contributed by atoms with Crippen LogP contribution in [0.3, 0.4) is 0 Å². The van der Waals surface area contributed by atoms with Gasteiger partial charge in [-0.2, -0.15) is 0 Å². The monoisotopic (exact) mass is 341 g/mol. The van der Waals surface area contributed by atoms with E-state index < -0.39 is 0 Å². The van der Waals surface area contributed by atoms with Crippen molar-refractivity contribution in [2.24, 2.45) is 0 Å². The van der Waals surface area contributed by atoms with Crippen molar-refractivity contribution in [1.29, 1.82) is 0 Å². The number of hydrogen-bond donors (Lipinski definition) is 0. The Bertz CT molecular complexity index is 677. The van der Waals surface area contributed by atoms with Crippen molar-refractivity contribution < 1.29 is 4.79 Å². The van der Waals surface area contributed by atoms with Gasteiger partial charge in [0.05, 0.1) is 0 Å². The van der Waals surface area contributed by atoms with Crippen molar-refractivity contribution in [3.05, 3.63) is 41.4 Å². The smallest absolute Gasteiger partial charge is 0.254 e. The van der Waals surface area contributed by atoms with E-state index >= 15 is 0 Å². The van der Waals surface area contributed by atoms with Gasteiger partial charge in [-0.15, -0.1) is 0 Å². The van der Waals surface area contributed by atoms with Gasteiger partial charge in [-0.1, -0.05) is 12.1 Å². The van der Waals surface area contributed by atoms with Gasteiger partial charge in [0, 0.05) is 41.8 Å². The second kappa shape index (κ2) is 7.03. The Kier molecular flexibility index (Phi) is 4.63. The Hall–Kier alpha value is -1.72. The normalized spacial score (nSPS) is 21.5. The van der Waals surface area contributed by atoms with E-state index in [0.29, 0.717) is 6.04 Å². The molecule has 0 bridgehead atoms. The number of hydrogen-bond acceptors (Lipinski definition) is 4. The molecule has 0 saturated carbocycles. The maximum atomic E-state index is 12.9. The Morgan fingerprint density at radius 2 is 1.88 bits per heavy atom. The maximum absolute atomic E-state index is 12.9. The predicted octanol–water partition coefficient (Wildman–Crippen LogP) is 3.51. The second-order valence-electron chi connectivity index (χ2n) is 6.79. The molecule has 24 heavy (non-hydrogen) atoms. The molecule has 2 aliphatic heterocycles. The van der Waals surface area contributed by atoms with Crippen molar-refractivity contribution in [3.8, 4) is 11.1 Å². The van der Waals surface area contributed by atoms with Gasteiger partial charge < -0.3 is 9.80 Å². The molecule has 3 heterocycles. The molecule has 5 heteroatoms. The highest BCUT2D eigenvalue weighted by Gasteiger charge is 2.31. The fourth-order valence-corrected chi connectivity index (χ4v) is 4.42. The fourth-order valence-electron chi connectivity index (χ4n) is 3.87. The SMILES string of the molecule is O=C(c1ccc(-c2cnsc2)cc1)N1CCC[C@H]1CN1CCCC1. The van der Waals surface area contributed by atoms with E-state index in [1.54, 1.807) is 0 Å². The van der Waals surface area contributed by atoms with E-state index in [1.807, 2.05) is 35.8 Å². The standard InChI is InChI=1S/C19H23N3OS/c23-19(16-7-5-15(6-8-16)17-12-20-24-14-17)22-11-3-4-18(22)13-21-9-1-2-10-21/h5-8,12,14,18H,1-4,9-11,13H2/t18-/m0/s1. The third kappa shape index (κ3) is 3.23. The van der Waals surface area contributed by atoms with E-state index in [1.165, 1.54) is 37.5 Å². The molecule has 0 spiro atoms. The van der Waals surface area contributed by atoms with Gasteiger partial charge in [0.2, 0.25) is 0 Å². The van der Waals surface area contributed by atoms with Gasteiger partial charge in [0.15, 0.2) is 0 Å². The summed E-state index contributed by atoms with van der Waals surface area (Å²) >= 11 is 1.45. The van der Waals surface area contributed by atoms with Crippen LogP contribution in [-0.4, -0.2) is 52.3 Å². The van der Waals surface area contributed by atoms with E-state index in [2.05, 4.69) is 14.2 Å². The lowest BCUT2D eigenvalue weighted by Gasteiger charge is -2.28. The number of aromatic nitrogens is 1. The molecule has 2 fully saturated rings. The highest BCUT2D eigenvalue weighted by Crippen LogP contribution is 2.25. The number of rotatable bonds is 4. The lowest BCUT2D eigenvalue weighted by Crippen LogP contribution is -2.42. The molecule has 1 atom stereocenters. The van der Waals surface area contributed by atoms with Gasteiger partial charge >= 0.3 is 0 Å². The van der Waals surface area contributed by atoms with Crippen LogP contribution in [0.4, 0.5) is 0 Å². The molecule has 1 aromatic heterocycles. The van der Waals surface area contributed by atoms with Gasteiger partial charge in [-0.05, 0) is 68.0 Å². The number of amides is 1. The first kappa shape index (κ1) is 15.8. The molecular weight excluding hydrogens is 318 g/mol. The highest BCUT2D eigenvalue weighted by atomic mass is 32.1. The van der Waals surface area contributed by atoms with Crippen LogP contribution in [-0.2, 0) is 0 Å². The lowest BCUT2D eigenvalue weighted by molar-refractivity contribution is 0.0709. The van der Waals surface area contributed by atoms with Crippen molar-refractivity contribution >= 4 is 17.4 Å². The highest BCUT2D eigenvalue weighted by molar-refractivity contribution is 7.03. The summed E-state index contributed by atoms with van der Waals surface area (Å²) < 4.78 is 4.14. The molecule has 4 rings (SSSR count). The Morgan fingerprint density at radius 3 is 2.58 bits per heavy atom. The molecule has 0 N–H and O–H groups in total. The molecule has 2 saturated heterocycles. The number of carbonyl (C=O) groups is 1.